The summed E-state index contributed by atoms with van der Waals surface area (Å²) in [5.74, 6) is -0.0390. The smallest absolute Gasteiger partial charge is 0.223 e. The number of aromatic amines is 1. The zero-order valence-corrected chi connectivity index (χ0v) is 17.0. The van der Waals surface area contributed by atoms with E-state index in [9.17, 15) is 4.79 Å². The van der Waals surface area contributed by atoms with Gasteiger partial charge in [-0.25, -0.2) is 9.67 Å². The van der Waals surface area contributed by atoms with Gasteiger partial charge in [-0.3, -0.25) is 10.1 Å². The molecule has 0 aliphatic carbocycles. The molecule has 0 atom stereocenters. The number of nitrogens with one attached hydrogen (secondary N) is 2. The van der Waals surface area contributed by atoms with Gasteiger partial charge in [0, 0.05) is 6.92 Å². The molecule has 1 amide bonds. The molecule has 0 aliphatic rings. The van der Waals surface area contributed by atoms with Crippen molar-refractivity contribution >= 4 is 35.2 Å². The Bertz CT molecular complexity index is 807. The average Bonchev–Trinajstić information content (AvgIpc) is 2.96. The topological polar surface area (TPSA) is 116 Å². The van der Waals surface area contributed by atoms with E-state index in [0.717, 1.165) is 0 Å². The molecule has 2 heterocycles. The van der Waals surface area contributed by atoms with Crippen molar-refractivity contribution in [1.82, 2.24) is 25.0 Å². The van der Waals surface area contributed by atoms with Crippen molar-refractivity contribution in [1.29, 1.82) is 0 Å². The number of anilines is 1. The lowest BCUT2D eigenvalue weighted by molar-refractivity contribution is -0.114. The van der Waals surface area contributed by atoms with Crippen LogP contribution in [-0.2, 0) is 25.7 Å². The molecule has 2 N–H and O–H groups in total. The van der Waals surface area contributed by atoms with Crippen LogP contribution in [0.4, 0.5) is 5.95 Å². The normalized spacial score (nSPS) is 11.9. The van der Waals surface area contributed by atoms with Crippen LogP contribution in [0, 0.1) is 4.64 Å². The van der Waals surface area contributed by atoms with Crippen LogP contribution in [0.1, 0.15) is 34.6 Å². The fourth-order valence-electron chi connectivity index (χ4n) is 2.14. The van der Waals surface area contributed by atoms with E-state index in [1.165, 1.54) is 11.6 Å². The highest BCUT2D eigenvalue weighted by Gasteiger charge is 2.15. The minimum absolute atomic E-state index is 0.0904. The Morgan fingerprint density at radius 2 is 1.81 bits per heavy atom. The molecule has 0 bridgehead atoms. The van der Waals surface area contributed by atoms with Crippen molar-refractivity contribution in [3.63, 3.8) is 0 Å². The minimum atomic E-state index is -0.266. The highest BCUT2D eigenvalue weighted by atomic mass is 32.1. The number of carbonyl (C=O) groups excluding carboxylic acids is 1. The Labute approximate surface area is 162 Å². The van der Waals surface area contributed by atoms with Crippen molar-refractivity contribution in [2.24, 2.45) is 0 Å². The number of H-pyrrole nitrogens is 1. The van der Waals surface area contributed by atoms with Gasteiger partial charge in [0.05, 0.1) is 25.4 Å². The summed E-state index contributed by atoms with van der Waals surface area (Å²) in [5.41, 5.74) is 0.933. The van der Waals surface area contributed by atoms with Crippen molar-refractivity contribution in [2.75, 3.05) is 18.5 Å². The second-order valence-electron chi connectivity index (χ2n) is 6.54. The zero-order chi connectivity index (χ0) is 20.0. The van der Waals surface area contributed by atoms with E-state index in [4.69, 9.17) is 26.4 Å². The predicted octanol–water partition coefficient (Wildman–Crippen LogP) is 2.03. The molecule has 27 heavy (non-hydrogen) atoms. The third-order valence-electron chi connectivity index (χ3n) is 3.35. The minimum Gasteiger partial charge on any atom is -0.376 e. The molecular formula is C16H26N6O4S. The standard InChI is InChI=1S/C16H26N6O4S/c1-9(2)24-6-12(7-25-10(3)4)26-8-22-13-14(20-21-22)18-16(17-11(5)23)19-15(13)27/h9-10,12H,6-8H2,1-5H3,(H2,17,18,19,23,27). The maximum absolute atomic E-state index is 11.2. The summed E-state index contributed by atoms with van der Waals surface area (Å²) >= 11 is 5.30. The number of ether oxygens (including phenoxy) is 3. The Kier molecular flexibility index (Phi) is 7.78. The van der Waals surface area contributed by atoms with Gasteiger partial charge in [-0.1, -0.05) is 17.4 Å². The summed E-state index contributed by atoms with van der Waals surface area (Å²) in [6.45, 7) is 10.1. The first kappa shape index (κ1) is 21.4. The first-order chi connectivity index (χ1) is 12.8. The molecule has 0 radical (unpaired) electrons. The van der Waals surface area contributed by atoms with Gasteiger partial charge in [0.25, 0.3) is 0 Å². The van der Waals surface area contributed by atoms with Gasteiger partial charge in [0.2, 0.25) is 11.9 Å². The molecule has 10 nitrogen and oxygen atoms in total. The molecule has 2 rings (SSSR count). The van der Waals surface area contributed by atoms with Crippen LogP contribution in [0.15, 0.2) is 0 Å². The van der Waals surface area contributed by atoms with Crippen LogP contribution < -0.4 is 5.32 Å². The van der Waals surface area contributed by atoms with Gasteiger partial charge >= 0.3 is 0 Å². The molecule has 2 aromatic rings. The zero-order valence-electron chi connectivity index (χ0n) is 16.2. The van der Waals surface area contributed by atoms with E-state index in [1.54, 1.807) is 0 Å². The summed E-state index contributed by atoms with van der Waals surface area (Å²) < 4.78 is 18.9. The molecule has 0 saturated carbocycles. The molecular weight excluding hydrogens is 372 g/mol. The van der Waals surface area contributed by atoms with Crippen LogP contribution in [0.5, 0.6) is 0 Å². The lowest BCUT2D eigenvalue weighted by Gasteiger charge is -2.20. The summed E-state index contributed by atoms with van der Waals surface area (Å²) in [6, 6.07) is 0. The Morgan fingerprint density at radius 1 is 1.19 bits per heavy atom. The van der Waals surface area contributed by atoms with E-state index >= 15 is 0 Å². The molecule has 0 saturated heterocycles. The third kappa shape index (κ3) is 6.61. The van der Waals surface area contributed by atoms with E-state index in [1.807, 2.05) is 27.7 Å². The number of aromatic nitrogens is 5. The highest BCUT2D eigenvalue weighted by Crippen LogP contribution is 2.13. The van der Waals surface area contributed by atoms with Crippen molar-refractivity contribution in [3.8, 4) is 0 Å². The van der Waals surface area contributed by atoms with Crippen molar-refractivity contribution in [2.45, 2.75) is 59.7 Å². The lowest BCUT2D eigenvalue weighted by Crippen LogP contribution is -2.29. The summed E-state index contributed by atoms with van der Waals surface area (Å²) in [4.78, 5) is 18.2. The van der Waals surface area contributed by atoms with E-state index in [2.05, 4.69) is 25.6 Å². The number of rotatable bonds is 10. The second-order valence-corrected chi connectivity index (χ2v) is 6.93. The maximum Gasteiger partial charge on any atom is 0.223 e. The van der Waals surface area contributed by atoms with E-state index in [-0.39, 0.29) is 41.5 Å². The van der Waals surface area contributed by atoms with Crippen LogP contribution in [0.25, 0.3) is 11.2 Å². The van der Waals surface area contributed by atoms with Crippen LogP contribution >= 0.6 is 12.2 Å². The number of fused-ring (bicyclic) bond motifs is 1. The molecule has 11 heteroatoms. The average molecular weight is 398 g/mol. The molecule has 0 aliphatic heterocycles. The quantitative estimate of drug-likeness (QED) is 0.584. The summed E-state index contributed by atoms with van der Waals surface area (Å²) in [7, 11) is 0. The second kappa shape index (κ2) is 9.83. The van der Waals surface area contributed by atoms with Gasteiger partial charge in [0.1, 0.15) is 18.4 Å². The van der Waals surface area contributed by atoms with Gasteiger partial charge < -0.3 is 19.2 Å². The number of hydrogen-bond donors (Lipinski definition) is 2. The van der Waals surface area contributed by atoms with E-state index in [0.29, 0.717) is 24.4 Å². The maximum atomic E-state index is 11.2. The fourth-order valence-corrected chi connectivity index (χ4v) is 2.43. The molecule has 0 spiro atoms. The lowest BCUT2D eigenvalue weighted by atomic mass is 10.3. The van der Waals surface area contributed by atoms with Crippen molar-refractivity contribution < 1.29 is 19.0 Å². The molecule has 0 fully saturated rings. The largest absolute Gasteiger partial charge is 0.376 e. The van der Waals surface area contributed by atoms with Gasteiger partial charge in [0.15, 0.2) is 10.3 Å². The highest BCUT2D eigenvalue weighted by molar-refractivity contribution is 7.71. The molecule has 150 valence electrons. The number of carbonyl (C=O) groups is 1. The summed E-state index contributed by atoms with van der Waals surface area (Å²) in [6.07, 6.45) is -0.0848. The first-order valence-electron chi connectivity index (χ1n) is 8.72. The first-order valence-corrected chi connectivity index (χ1v) is 9.13. The number of nitrogens with zero attached hydrogens (tertiary/aromatic N) is 4. The number of amides is 1. The fraction of sp³-hybridized carbons (Fsp3) is 0.688. The molecule has 2 aromatic heterocycles. The van der Waals surface area contributed by atoms with Crippen LogP contribution in [0.2, 0.25) is 0 Å². The van der Waals surface area contributed by atoms with Crippen LogP contribution in [-0.4, -0.2) is 62.4 Å². The van der Waals surface area contributed by atoms with Crippen LogP contribution in [0.3, 0.4) is 0 Å². The Balaban J connectivity index is 2.11. The number of hydrogen-bond acceptors (Lipinski definition) is 8. The predicted molar refractivity (Wildman–Crippen MR) is 102 cm³/mol. The van der Waals surface area contributed by atoms with Gasteiger partial charge in [-0.15, -0.1) is 5.10 Å². The Morgan fingerprint density at radius 3 is 2.37 bits per heavy atom. The Hall–Kier alpha value is -1.95. The monoisotopic (exact) mass is 398 g/mol. The van der Waals surface area contributed by atoms with Gasteiger partial charge in [-0.05, 0) is 27.7 Å². The molecule has 0 unspecified atom stereocenters. The van der Waals surface area contributed by atoms with Crippen molar-refractivity contribution in [3.05, 3.63) is 4.64 Å². The summed E-state index contributed by atoms with van der Waals surface area (Å²) in [5, 5.41) is 10.6. The van der Waals surface area contributed by atoms with Gasteiger partial charge in [-0.2, -0.15) is 0 Å². The SMILES string of the molecule is CC(=O)Nc1nc(=S)c2c(nnn2COC(COC(C)C)COC(C)C)[nH]1. The van der Waals surface area contributed by atoms with E-state index < -0.39 is 0 Å². The third-order valence-corrected chi connectivity index (χ3v) is 3.63. The molecule has 0 aromatic carbocycles.